The molecule has 1 amide bonds. The number of hydrogen-bond acceptors (Lipinski definition) is 8. The van der Waals surface area contributed by atoms with Crippen molar-refractivity contribution in [2.75, 3.05) is 11.5 Å². The van der Waals surface area contributed by atoms with E-state index >= 15 is 0 Å². The van der Waals surface area contributed by atoms with Crippen LogP contribution in [0, 0.1) is 0 Å². The van der Waals surface area contributed by atoms with Crippen molar-refractivity contribution in [2.24, 2.45) is 7.05 Å². The number of hydrogen-bond donors (Lipinski definition) is 0. The molecule has 0 spiro atoms. The van der Waals surface area contributed by atoms with Gasteiger partial charge in [-0.1, -0.05) is 11.8 Å². The van der Waals surface area contributed by atoms with Crippen LogP contribution in [0.5, 0.6) is 0 Å². The minimum atomic E-state index is -1.30. The van der Waals surface area contributed by atoms with Gasteiger partial charge in [-0.3, -0.25) is 9.69 Å². The van der Waals surface area contributed by atoms with Crippen LogP contribution in [-0.2, 0) is 16.6 Å². The molecule has 0 saturated carbocycles. The van der Waals surface area contributed by atoms with Crippen LogP contribution in [0.3, 0.4) is 0 Å². The zero-order valence-corrected chi connectivity index (χ0v) is 15.1. The van der Waals surface area contributed by atoms with Crippen LogP contribution >= 0.6 is 23.5 Å². The van der Waals surface area contributed by atoms with Crippen molar-refractivity contribution in [1.82, 2.24) is 25.1 Å². The second kappa shape index (κ2) is 6.69. The quantitative estimate of drug-likeness (QED) is 0.309. The molecule has 3 heterocycles. The van der Waals surface area contributed by atoms with Crippen molar-refractivity contribution >= 4 is 35.4 Å². The van der Waals surface area contributed by atoms with E-state index in [0.717, 1.165) is 0 Å². The maximum absolute atomic E-state index is 11.6. The molecule has 0 bridgehead atoms. The van der Waals surface area contributed by atoms with Gasteiger partial charge in [-0.15, -0.1) is 16.9 Å². The Balaban J connectivity index is 0.00000161. The van der Waals surface area contributed by atoms with E-state index in [1.165, 1.54) is 21.3 Å². The van der Waals surface area contributed by atoms with Gasteiger partial charge in [-0.2, -0.15) is 0 Å². The standard InChI is InChI=1S/C10H11N5O3S2.Na/c1-14-10(11-12-13-14)20-4-5-3-19-7-2-6(16)15(7)8(5)9(17)18;/h7H,2-4H2,1H3,(H,17,18);/q;+1/p-1. The van der Waals surface area contributed by atoms with Crippen LogP contribution in [0.25, 0.3) is 0 Å². The number of carboxylic acids is 1. The number of aliphatic carboxylic acids is 1. The number of β-lactam (4-membered cyclic amide) rings is 1. The Hall–Kier alpha value is -0.550. The SMILES string of the molecule is Cn1nnnc1SCC1=C(C(=O)[O-])N2C(=O)CC2SC1.[Na+]. The number of nitrogens with zero attached hydrogens (tertiary/aromatic N) is 5. The van der Waals surface area contributed by atoms with E-state index in [9.17, 15) is 14.7 Å². The van der Waals surface area contributed by atoms with Crippen molar-refractivity contribution in [3.8, 4) is 0 Å². The maximum atomic E-state index is 11.6. The molecule has 2 aliphatic heterocycles. The van der Waals surface area contributed by atoms with Crippen LogP contribution in [0.4, 0.5) is 0 Å². The fourth-order valence-electron chi connectivity index (χ4n) is 2.07. The molecule has 1 aromatic rings. The van der Waals surface area contributed by atoms with E-state index in [1.54, 1.807) is 18.8 Å². The average Bonchev–Trinajstić information content (AvgIpc) is 2.80. The number of aryl methyl sites for hydroxylation is 1. The smallest absolute Gasteiger partial charge is 0.543 e. The van der Waals surface area contributed by atoms with Crippen molar-refractivity contribution in [3.05, 3.63) is 11.3 Å². The Morgan fingerprint density at radius 3 is 2.90 bits per heavy atom. The first-order valence-corrected chi connectivity index (χ1v) is 7.83. The largest absolute Gasteiger partial charge is 1.00 e. The fraction of sp³-hybridized carbons (Fsp3) is 0.500. The third kappa shape index (κ3) is 3.14. The topological polar surface area (TPSA) is 104 Å². The van der Waals surface area contributed by atoms with Gasteiger partial charge >= 0.3 is 29.6 Å². The minimum Gasteiger partial charge on any atom is -0.543 e. The normalized spacial score (nSPS) is 20.7. The van der Waals surface area contributed by atoms with Gasteiger partial charge in [0.1, 0.15) is 0 Å². The van der Waals surface area contributed by atoms with Crippen LogP contribution in [-0.4, -0.2) is 53.9 Å². The molecular weight excluding hydrogens is 325 g/mol. The molecule has 1 saturated heterocycles. The predicted octanol–water partition coefficient (Wildman–Crippen LogP) is -4.38. The molecule has 1 aromatic heterocycles. The number of carbonyl (C=O) groups is 2. The first-order valence-electron chi connectivity index (χ1n) is 5.80. The molecule has 1 atom stereocenters. The number of tetrazole rings is 1. The Labute approximate surface area is 151 Å². The number of carbonyl (C=O) groups excluding carboxylic acids is 2. The summed E-state index contributed by atoms with van der Waals surface area (Å²) in [6.45, 7) is 0. The number of rotatable bonds is 4. The van der Waals surface area contributed by atoms with E-state index in [2.05, 4.69) is 15.5 Å². The maximum Gasteiger partial charge on any atom is 1.00 e. The van der Waals surface area contributed by atoms with Gasteiger partial charge in [-0.25, -0.2) is 4.68 Å². The molecule has 0 aromatic carbocycles. The molecule has 1 fully saturated rings. The molecule has 106 valence electrons. The summed E-state index contributed by atoms with van der Waals surface area (Å²) >= 11 is 2.91. The van der Waals surface area contributed by atoms with E-state index in [-0.39, 0.29) is 46.5 Å². The van der Waals surface area contributed by atoms with Crippen LogP contribution < -0.4 is 34.7 Å². The number of aromatic nitrogens is 4. The van der Waals surface area contributed by atoms with Crippen molar-refractivity contribution in [1.29, 1.82) is 0 Å². The second-order valence-electron chi connectivity index (χ2n) is 4.35. The second-order valence-corrected chi connectivity index (χ2v) is 6.46. The molecule has 2 aliphatic rings. The Morgan fingerprint density at radius 2 is 2.33 bits per heavy atom. The van der Waals surface area contributed by atoms with Gasteiger partial charge in [0, 0.05) is 18.6 Å². The minimum absolute atomic E-state index is 0. The summed E-state index contributed by atoms with van der Waals surface area (Å²) in [5, 5.41) is 22.9. The van der Waals surface area contributed by atoms with Crippen LogP contribution in [0.15, 0.2) is 16.4 Å². The van der Waals surface area contributed by atoms with Gasteiger partial charge in [0.2, 0.25) is 11.1 Å². The monoisotopic (exact) mass is 335 g/mol. The molecule has 3 rings (SSSR count). The average molecular weight is 335 g/mol. The molecule has 0 aliphatic carbocycles. The fourth-order valence-corrected chi connectivity index (χ4v) is 4.33. The molecule has 0 radical (unpaired) electrons. The third-order valence-corrected chi connectivity index (χ3v) is 5.46. The summed E-state index contributed by atoms with van der Waals surface area (Å²) in [5.41, 5.74) is 0.694. The summed E-state index contributed by atoms with van der Waals surface area (Å²) in [7, 11) is 1.71. The van der Waals surface area contributed by atoms with Crippen molar-refractivity contribution < 1.29 is 44.3 Å². The molecule has 8 nitrogen and oxygen atoms in total. The number of thioether (sulfide) groups is 2. The van der Waals surface area contributed by atoms with Crippen LogP contribution in [0.1, 0.15) is 6.42 Å². The zero-order valence-electron chi connectivity index (χ0n) is 11.5. The first-order chi connectivity index (χ1) is 9.58. The summed E-state index contributed by atoms with van der Waals surface area (Å²) in [5.74, 6) is -0.462. The van der Waals surface area contributed by atoms with Gasteiger partial charge in [0.15, 0.2) is 0 Å². The summed E-state index contributed by atoms with van der Waals surface area (Å²) < 4.78 is 1.51. The zero-order chi connectivity index (χ0) is 14.3. The molecule has 0 N–H and O–H groups in total. The molecule has 11 heteroatoms. The van der Waals surface area contributed by atoms with Crippen molar-refractivity contribution in [2.45, 2.75) is 17.0 Å². The third-order valence-electron chi connectivity index (χ3n) is 3.08. The molecule has 1 unspecified atom stereocenters. The van der Waals surface area contributed by atoms with E-state index in [0.29, 0.717) is 28.7 Å². The van der Waals surface area contributed by atoms with E-state index < -0.39 is 5.97 Å². The van der Waals surface area contributed by atoms with Crippen LogP contribution in [0.2, 0.25) is 0 Å². The Bertz CT molecular complexity index is 620. The molecule has 21 heavy (non-hydrogen) atoms. The number of amides is 1. The van der Waals surface area contributed by atoms with Gasteiger partial charge in [0.05, 0.1) is 23.5 Å². The summed E-state index contributed by atoms with van der Waals surface area (Å²) in [6, 6.07) is 0. The van der Waals surface area contributed by atoms with Gasteiger partial charge in [-0.05, 0) is 16.0 Å². The van der Waals surface area contributed by atoms with Crippen molar-refractivity contribution in [3.63, 3.8) is 0 Å². The number of carboxylic acid groups (broad SMARTS) is 1. The van der Waals surface area contributed by atoms with Gasteiger partial charge in [0.25, 0.3) is 0 Å². The Kier molecular flexibility index (Phi) is 5.36. The summed E-state index contributed by atoms with van der Waals surface area (Å²) in [4.78, 5) is 24.2. The Morgan fingerprint density at radius 1 is 1.57 bits per heavy atom. The first kappa shape index (κ1) is 16.8. The molecular formula is C10H10N5NaO3S2. The van der Waals surface area contributed by atoms with E-state index in [4.69, 9.17) is 0 Å². The predicted molar refractivity (Wildman–Crippen MR) is 69.3 cm³/mol. The van der Waals surface area contributed by atoms with Gasteiger partial charge < -0.3 is 9.90 Å². The van der Waals surface area contributed by atoms with E-state index in [1.807, 2.05) is 0 Å². The summed E-state index contributed by atoms with van der Waals surface area (Å²) in [6.07, 6.45) is 0.398. The number of fused-ring (bicyclic) bond motifs is 1.